The predicted octanol–water partition coefficient (Wildman–Crippen LogP) is 30.6. The summed E-state index contributed by atoms with van der Waals surface area (Å²) in [5.74, 6) is 0. The Labute approximate surface area is 759 Å². The molecule has 614 valence electrons. The van der Waals surface area contributed by atoms with E-state index < -0.39 is 7.12 Å². The average Bonchev–Trinajstić information content (AvgIpc) is 1.60. The molecule has 0 atom stereocenters. The molecule has 24 aromatic rings. The molecule has 20 aromatic carbocycles. The summed E-state index contributed by atoms with van der Waals surface area (Å²) in [6.45, 7) is 0. The summed E-state index contributed by atoms with van der Waals surface area (Å²) in [5, 5.41) is 29.2. The van der Waals surface area contributed by atoms with Crippen molar-refractivity contribution in [3.63, 3.8) is 0 Å². The van der Waals surface area contributed by atoms with Gasteiger partial charge in [-0.2, -0.15) is 0 Å². The van der Waals surface area contributed by atoms with E-state index in [9.17, 15) is 0 Å². The van der Waals surface area contributed by atoms with E-state index in [1.165, 1.54) is 216 Å². The van der Waals surface area contributed by atoms with Crippen LogP contribution in [0.15, 0.2) is 473 Å². The molecule has 0 unspecified atom stereocenters. The monoisotopic (exact) mass is 1680 g/mol. The molecule has 130 heavy (non-hydrogen) atoms. The van der Waals surface area contributed by atoms with Gasteiger partial charge in [-0.05, 0) is 257 Å². The first-order valence-corrected chi connectivity index (χ1v) is 44.8. The summed E-state index contributed by atoms with van der Waals surface area (Å²) in [6, 6.07) is 169. The highest BCUT2D eigenvalue weighted by molar-refractivity contribution is 6.58. The topological polar surface area (TPSA) is 60.2 Å². The summed E-state index contributed by atoms with van der Waals surface area (Å²) >= 11 is 6.04. The second-order valence-corrected chi connectivity index (χ2v) is 34.2. The van der Waals surface area contributed by atoms with Crippen molar-refractivity contribution in [1.29, 1.82) is 0 Å². The molecule has 26 rings (SSSR count). The molecular weight excluding hydrogens is 1600 g/mol. The molecule has 4 aromatic heterocycles. The lowest BCUT2D eigenvalue weighted by molar-refractivity contribution is 0.425. The van der Waals surface area contributed by atoms with E-state index >= 15 is 0 Å². The summed E-state index contributed by atoms with van der Waals surface area (Å²) in [4.78, 5) is 0. The highest BCUT2D eigenvalue weighted by atomic mass is 35.5. The van der Waals surface area contributed by atoms with E-state index in [4.69, 9.17) is 21.6 Å². The molecule has 0 fully saturated rings. The Balaban J connectivity index is 0.000000106. The van der Waals surface area contributed by atoms with Gasteiger partial charge in [0, 0.05) is 70.9 Å². The van der Waals surface area contributed by atoms with Gasteiger partial charge in [-0.25, -0.2) is 0 Å². The minimum atomic E-state index is -1.38. The van der Waals surface area contributed by atoms with Crippen molar-refractivity contribution >= 4 is 111 Å². The van der Waals surface area contributed by atoms with E-state index in [0.717, 1.165) is 23.6 Å². The summed E-state index contributed by atoms with van der Waals surface area (Å²) < 4.78 is 9.47. The molecule has 8 heteroatoms. The number of hydrogen-bond donors (Lipinski definition) is 2. The van der Waals surface area contributed by atoms with Gasteiger partial charge in [-0.15, -0.1) is 0 Å². The number of fused-ring (bicyclic) bond motifs is 18. The van der Waals surface area contributed by atoms with Gasteiger partial charge in [0.15, 0.2) is 0 Å². The third kappa shape index (κ3) is 14.5. The van der Waals surface area contributed by atoms with Gasteiger partial charge in [0.1, 0.15) is 0 Å². The predicted molar refractivity (Wildman–Crippen MR) is 547 cm³/mol. The van der Waals surface area contributed by atoms with Gasteiger partial charge in [0.05, 0.1) is 44.1 Å². The van der Waals surface area contributed by atoms with Crippen LogP contribution in [0.1, 0.15) is 22.3 Å². The normalized spacial score (nSPS) is 11.7. The van der Waals surface area contributed by atoms with Crippen molar-refractivity contribution in [2.45, 2.75) is 12.8 Å². The maximum atomic E-state index is 9.13. The summed E-state index contributed by atoms with van der Waals surface area (Å²) in [7, 11) is -1.38. The molecular formula is C122H84BClN4O2. The van der Waals surface area contributed by atoms with Crippen molar-refractivity contribution < 1.29 is 10.0 Å². The number of halogens is 1. The Morgan fingerprint density at radius 2 is 0.454 bits per heavy atom. The van der Waals surface area contributed by atoms with E-state index in [1.807, 2.05) is 36.4 Å². The molecule has 0 amide bonds. The summed E-state index contributed by atoms with van der Waals surface area (Å²) in [6.07, 6.45) is 1.90. The van der Waals surface area contributed by atoms with E-state index in [1.54, 1.807) is 6.07 Å². The van der Waals surface area contributed by atoms with Gasteiger partial charge in [0.2, 0.25) is 0 Å². The molecule has 0 radical (unpaired) electrons. The fourth-order valence-electron chi connectivity index (χ4n) is 19.9. The standard InChI is InChI=1S/C48H32N2.C37H25N.C24H16ClN.C13H11BO2/c1-3-12-33(13-4-1)36-14-11-17-40(30-36)50-45-20-9-7-18-41(45)43-28-26-38(32-48(43)50)35-24-22-34(23-25-35)37-27-29-47-44(31-37)42-19-8-10-21-46(42)49(47)39-15-5-2-6-16-39;1-2-9-31(10-3-1)38-36-13-7-6-12-34(36)35-24-28(19-21-37(35)38)26-16-14-25(15-17-26)27-18-20-33-30(22-27)23-29-8-4-5-11-32(29)33;25-19-13-10-17(11-14-19)18-12-15-24-22(16-18)21-8-4-5-9-23(21)26(24)20-6-2-1-3-7-20;15-14(16)11-5-6-13-10(8-11)7-9-3-1-2-4-12(9)13/h1-32H;1-22,24H,23H2;1-16H;1-6,8,15-16H,7H2. The number of nitrogens with zero attached hydrogens (tertiary/aromatic N) is 4. The van der Waals surface area contributed by atoms with Crippen LogP contribution < -0.4 is 5.46 Å². The third-order valence-electron chi connectivity index (χ3n) is 26.1. The molecule has 0 saturated heterocycles. The highest BCUT2D eigenvalue weighted by Gasteiger charge is 2.24. The van der Waals surface area contributed by atoms with Crippen molar-refractivity contribution in [1.82, 2.24) is 18.3 Å². The Morgan fingerprint density at radius 1 is 0.177 bits per heavy atom. The summed E-state index contributed by atoms with van der Waals surface area (Å²) in [5.41, 5.74) is 40.3. The van der Waals surface area contributed by atoms with E-state index in [0.29, 0.717) is 5.46 Å². The lowest BCUT2D eigenvalue weighted by Crippen LogP contribution is -2.29. The van der Waals surface area contributed by atoms with E-state index in [-0.39, 0.29) is 0 Å². The molecule has 2 aliphatic carbocycles. The zero-order valence-electron chi connectivity index (χ0n) is 71.1. The lowest BCUT2D eigenvalue weighted by atomic mass is 9.79. The minimum absolute atomic E-state index is 0.562. The molecule has 0 aliphatic heterocycles. The molecule has 6 nitrogen and oxygen atoms in total. The smallest absolute Gasteiger partial charge is 0.423 e. The number of hydrogen-bond acceptors (Lipinski definition) is 2. The Bertz CT molecular complexity index is 8430. The van der Waals surface area contributed by atoms with Crippen LogP contribution in [-0.4, -0.2) is 35.4 Å². The van der Waals surface area contributed by atoms with Crippen LogP contribution >= 0.6 is 11.6 Å². The molecule has 0 saturated carbocycles. The largest absolute Gasteiger partial charge is 0.488 e. The molecule has 4 heterocycles. The minimum Gasteiger partial charge on any atom is -0.423 e. The molecule has 2 aliphatic rings. The fraction of sp³-hybridized carbons (Fsp3) is 0.0164. The van der Waals surface area contributed by atoms with Crippen LogP contribution in [0.3, 0.4) is 0 Å². The van der Waals surface area contributed by atoms with Gasteiger partial charge < -0.3 is 28.3 Å². The van der Waals surface area contributed by atoms with Crippen LogP contribution in [0.25, 0.3) is 199 Å². The zero-order chi connectivity index (χ0) is 86.7. The number of para-hydroxylation sites is 7. The van der Waals surface area contributed by atoms with Crippen LogP contribution in [-0.2, 0) is 12.8 Å². The van der Waals surface area contributed by atoms with E-state index in [2.05, 4.69) is 449 Å². The Kier molecular flexibility index (Phi) is 20.3. The first-order chi connectivity index (χ1) is 64.2. The third-order valence-corrected chi connectivity index (χ3v) is 26.4. The number of benzene rings is 20. The number of rotatable bonds is 11. The SMILES string of the molecule is Clc1ccc(-c2ccc3c(c2)c2ccccc2n3-c2ccccc2)cc1.OB(O)c1ccc2c(c1)Cc1ccccc1-2.c1ccc(-c2cccc(-n3c4ccccc4c4ccc(-c5ccc(-c6ccc7c(c6)c6ccccc6n7-c6ccccc6)cc5)cc43)c2)cc1.c1ccc(-n2c3ccccc3c3cc(-c4ccc(-c5ccc6c(c5)Cc5ccccc5-6)cc4)ccc32)cc1. The Hall–Kier alpha value is -16.1. The zero-order valence-corrected chi connectivity index (χ0v) is 71.8. The van der Waals surface area contributed by atoms with Crippen molar-refractivity contribution in [3.05, 3.63) is 500 Å². The average molecular weight is 1680 g/mol. The maximum Gasteiger partial charge on any atom is 0.488 e. The van der Waals surface area contributed by atoms with Gasteiger partial charge in [-0.1, -0.05) is 357 Å². The molecule has 2 N–H and O–H groups in total. The van der Waals surface area contributed by atoms with Crippen molar-refractivity contribution in [2.75, 3.05) is 0 Å². The fourth-order valence-corrected chi connectivity index (χ4v) is 20.0. The number of aromatic nitrogens is 4. The molecule has 0 spiro atoms. The van der Waals surface area contributed by atoms with Crippen LogP contribution in [0.5, 0.6) is 0 Å². The highest BCUT2D eigenvalue weighted by Crippen LogP contribution is 2.45. The first kappa shape index (κ1) is 78.6. The lowest BCUT2D eigenvalue weighted by Gasteiger charge is -2.11. The first-order valence-electron chi connectivity index (χ1n) is 44.4. The Morgan fingerprint density at radius 3 is 0.892 bits per heavy atom. The van der Waals surface area contributed by atoms with Gasteiger partial charge in [-0.3, -0.25) is 0 Å². The second-order valence-electron chi connectivity index (χ2n) is 33.8. The van der Waals surface area contributed by atoms with Crippen LogP contribution in [0.2, 0.25) is 5.02 Å². The van der Waals surface area contributed by atoms with Crippen LogP contribution in [0.4, 0.5) is 0 Å². The van der Waals surface area contributed by atoms with Gasteiger partial charge >= 0.3 is 7.12 Å². The van der Waals surface area contributed by atoms with Crippen LogP contribution in [0, 0.1) is 0 Å². The molecule has 0 bridgehead atoms. The maximum absolute atomic E-state index is 9.13. The van der Waals surface area contributed by atoms with Crippen molar-refractivity contribution in [2.24, 2.45) is 0 Å². The quantitative estimate of drug-likeness (QED) is 0.127. The van der Waals surface area contributed by atoms with Gasteiger partial charge in [0.25, 0.3) is 0 Å². The van der Waals surface area contributed by atoms with Crippen molar-refractivity contribution in [3.8, 4) is 112 Å². The second kappa shape index (κ2) is 33.7.